The number of fused-ring (bicyclic) bond motifs is 1. The molecule has 3 rings (SSSR count). The maximum atomic E-state index is 12.7. The number of aromatic nitrogens is 1. The van der Waals surface area contributed by atoms with Gasteiger partial charge in [-0.3, -0.25) is 9.78 Å². The lowest BCUT2D eigenvalue weighted by atomic mass is 10.00. The number of benzene rings is 2. The van der Waals surface area contributed by atoms with Crippen LogP contribution in [-0.2, 0) is 6.42 Å². The molecule has 0 aliphatic carbocycles. The third-order valence-electron chi connectivity index (χ3n) is 4.39. The molecule has 0 saturated carbocycles. The highest BCUT2D eigenvalue weighted by atomic mass is 16.1. The van der Waals surface area contributed by atoms with Gasteiger partial charge in [0.05, 0.1) is 5.52 Å². The third kappa shape index (κ3) is 3.88. The average Bonchev–Trinajstić information content (AvgIpc) is 2.65. The number of rotatable bonds is 7. The van der Waals surface area contributed by atoms with Crippen LogP contribution in [0.3, 0.4) is 0 Å². The summed E-state index contributed by atoms with van der Waals surface area (Å²) in [6, 6.07) is 17.8. The number of pyridine rings is 1. The van der Waals surface area contributed by atoms with E-state index in [2.05, 4.69) is 24.0 Å². The van der Waals surface area contributed by atoms with Gasteiger partial charge in [0.25, 0.3) is 0 Å². The third-order valence-corrected chi connectivity index (χ3v) is 4.39. The van der Waals surface area contributed by atoms with Gasteiger partial charge in [-0.1, -0.05) is 68.7 Å². The number of aryl methyl sites for hydroxylation is 1. The summed E-state index contributed by atoms with van der Waals surface area (Å²) in [5, 5.41) is 0.996. The summed E-state index contributed by atoms with van der Waals surface area (Å²) in [5.74, 6) is 0.0331. The van der Waals surface area contributed by atoms with Crippen molar-refractivity contribution < 1.29 is 4.79 Å². The van der Waals surface area contributed by atoms with E-state index in [0.29, 0.717) is 5.56 Å². The first-order valence-corrected chi connectivity index (χ1v) is 8.76. The molecule has 122 valence electrons. The molecular weight excluding hydrogens is 294 g/mol. The monoisotopic (exact) mass is 317 g/mol. The summed E-state index contributed by atoms with van der Waals surface area (Å²) in [5.41, 5.74) is 3.59. The first-order chi connectivity index (χ1) is 11.8. The summed E-state index contributed by atoms with van der Waals surface area (Å²) in [7, 11) is 0. The van der Waals surface area contributed by atoms with Gasteiger partial charge in [0, 0.05) is 22.7 Å². The van der Waals surface area contributed by atoms with Crippen molar-refractivity contribution >= 4 is 16.7 Å². The van der Waals surface area contributed by atoms with Gasteiger partial charge in [0.1, 0.15) is 0 Å². The van der Waals surface area contributed by atoms with E-state index >= 15 is 0 Å². The largest absolute Gasteiger partial charge is 0.289 e. The molecule has 0 unspecified atom stereocenters. The molecule has 2 nitrogen and oxygen atoms in total. The normalized spacial score (nSPS) is 10.9. The van der Waals surface area contributed by atoms with E-state index in [0.717, 1.165) is 22.9 Å². The Bertz CT molecular complexity index is 821. The van der Waals surface area contributed by atoms with Crippen molar-refractivity contribution in [2.45, 2.75) is 39.0 Å². The molecule has 1 heterocycles. The van der Waals surface area contributed by atoms with E-state index in [1.54, 1.807) is 6.20 Å². The second-order valence-corrected chi connectivity index (χ2v) is 6.25. The van der Waals surface area contributed by atoms with Gasteiger partial charge in [0.15, 0.2) is 5.78 Å². The van der Waals surface area contributed by atoms with Crippen LogP contribution in [0.1, 0.15) is 54.1 Å². The number of hydrogen-bond donors (Lipinski definition) is 0. The van der Waals surface area contributed by atoms with E-state index in [1.165, 1.54) is 31.2 Å². The number of carbonyl (C=O) groups excluding carboxylic acids is 1. The Kier molecular flexibility index (Phi) is 5.37. The zero-order valence-corrected chi connectivity index (χ0v) is 14.2. The van der Waals surface area contributed by atoms with Crippen LogP contribution in [0, 0.1) is 0 Å². The van der Waals surface area contributed by atoms with E-state index < -0.39 is 0 Å². The van der Waals surface area contributed by atoms with Crippen LogP contribution < -0.4 is 0 Å². The molecule has 0 radical (unpaired) electrons. The molecule has 3 aromatic rings. The molecule has 1 aromatic heterocycles. The molecule has 2 aromatic carbocycles. The standard InChI is InChI=1S/C22H23NO/c1-2-3-4-5-8-17-11-13-18(14-12-17)22(24)20-15-19-9-6-7-10-21(19)23-16-20/h6-7,9-16H,2-5,8H2,1H3. The number of hydrogen-bond acceptors (Lipinski definition) is 2. The van der Waals surface area contributed by atoms with Crippen LogP contribution in [0.5, 0.6) is 0 Å². The van der Waals surface area contributed by atoms with Gasteiger partial charge in [0.2, 0.25) is 0 Å². The second-order valence-electron chi connectivity index (χ2n) is 6.25. The van der Waals surface area contributed by atoms with Crippen molar-refractivity contribution in [2.24, 2.45) is 0 Å². The topological polar surface area (TPSA) is 30.0 Å². The number of carbonyl (C=O) groups is 1. The summed E-state index contributed by atoms with van der Waals surface area (Å²) >= 11 is 0. The summed E-state index contributed by atoms with van der Waals surface area (Å²) in [4.78, 5) is 17.0. The van der Waals surface area contributed by atoms with E-state index in [1.807, 2.05) is 42.5 Å². The minimum atomic E-state index is 0.0331. The quantitative estimate of drug-likeness (QED) is 0.420. The van der Waals surface area contributed by atoms with Crippen LogP contribution >= 0.6 is 0 Å². The van der Waals surface area contributed by atoms with E-state index in [-0.39, 0.29) is 5.78 Å². The zero-order valence-electron chi connectivity index (χ0n) is 14.2. The van der Waals surface area contributed by atoms with Crippen molar-refractivity contribution in [3.8, 4) is 0 Å². The minimum Gasteiger partial charge on any atom is -0.289 e. The zero-order chi connectivity index (χ0) is 16.8. The van der Waals surface area contributed by atoms with Crippen molar-refractivity contribution in [3.63, 3.8) is 0 Å². The Morgan fingerprint density at radius 2 is 1.71 bits per heavy atom. The highest BCUT2D eigenvalue weighted by Gasteiger charge is 2.10. The second kappa shape index (κ2) is 7.87. The minimum absolute atomic E-state index is 0.0331. The fourth-order valence-corrected chi connectivity index (χ4v) is 2.94. The Morgan fingerprint density at radius 3 is 2.50 bits per heavy atom. The molecular formula is C22H23NO. The SMILES string of the molecule is CCCCCCc1ccc(C(=O)c2cnc3ccccc3c2)cc1. The Morgan fingerprint density at radius 1 is 0.917 bits per heavy atom. The van der Waals surface area contributed by atoms with Gasteiger partial charge in [-0.05, 0) is 30.5 Å². The molecule has 0 saturated heterocycles. The number of para-hydroxylation sites is 1. The lowest BCUT2D eigenvalue weighted by molar-refractivity contribution is 0.103. The molecule has 0 aliphatic heterocycles. The van der Waals surface area contributed by atoms with Crippen LogP contribution in [-0.4, -0.2) is 10.8 Å². The fourth-order valence-electron chi connectivity index (χ4n) is 2.94. The first kappa shape index (κ1) is 16.4. The predicted octanol–water partition coefficient (Wildman–Crippen LogP) is 5.59. The number of nitrogens with zero attached hydrogens (tertiary/aromatic N) is 1. The molecule has 0 bridgehead atoms. The van der Waals surface area contributed by atoms with Gasteiger partial charge < -0.3 is 0 Å². The van der Waals surface area contributed by atoms with Crippen LogP contribution in [0.25, 0.3) is 10.9 Å². The Hall–Kier alpha value is -2.48. The smallest absolute Gasteiger partial charge is 0.194 e. The van der Waals surface area contributed by atoms with Crippen LogP contribution in [0.15, 0.2) is 60.8 Å². The van der Waals surface area contributed by atoms with Gasteiger partial charge in [-0.15, -0.1) is 0 Å². The summed E-state index contributed by atoms with van der Waals surface area (Å²) in [6.07, 6.45) is 7.81. The highest BCUT2D eigenvalue weighted by molar-refractivity contribution is 6.10. The predicted molar refractivity (Wildman–Crippen MR) is 99.5 cm³/mol. The Labute approximate surface area is 143 Å². The van der Waals surface area contributed by atoms with Crippen molar-refractivity contribution in [1.82, 2.24) is 4.98 Å². The molecule has 0 atom stereocenters. The maximum absolute atomic E-state index is 12.7. The van der Waals surface area contributed by atoms with Gasteiger partial charge >= 0.3 is 0 Å². The lowest BCUT2D eigenvalue weighted by Gasteiger charge is -2.05. The van der Waals surface area contributed by atoms with Crippen molar-refractivity contribution in [3.05, 3.63) is 77.5 Å². The molecule has 0 N–H and O–H groups in total. The average molecular weight is 317 g/mol. The molecule has 0 amide bonds. The van der Waals surface area contributed by atoms with Crippen molar-refractivity contribution in [1.29, 1.82) is 0 Å². The number of ketones is 1. The van der Waals surface area contributed by atoms with Crippen molar-refractivity contribution in [2.75, 3.05) is 0 Å². The van der Waals surface area contributed by atoms with E-state index in [4.69, 9.17) is 0 Å². The van der Waals surface area contributed by atoms with Crippen LogP contribution in [0.4, 0.5) is 0 Å². The van der Waals surface area contributed by atoms with E-state index in [9.17, 15) is 4.79 Å². The molecule has 24 heavy (non-hydrogen) atoms. The maximum Gasteiger partial charge on any atom is 0.194 e. The highest BCUT2D eigenvalue weighted by Crippen LogP contribution is 2.17. The lowest BCUT2D eigenvalue weighted by Crippen LogP contribution is -2.02. The van der Waals surface area contributed by atoms with Crippen LogP contribution in [0.2, 0.25) is 0 Å². The number of unbranched alkanes of at least 4 members (excludes halogenated alkanes) is 3. The summed E-state index contributed by atoms with van der Waals surface area (Å²) < 4.78 is 0. The van der Waals surface area contributed by atoms with Gasteiger partial charge in [-0.2, -0.15) is 0 Å². The fraction of sp³-hybridized carbons (Fsp3) is 0.273. The molecule has 0 fully saturated rings. The van der Waals surface area contributed by atoms with Gasteiger partial charge in [-0.25, -0.2) is 0 Å². The molecule has 2 heteroatoms. The first-order valence-electron chi connectivity index (χ1n) is 8.76. The Balaban J connectivity index is 1.71. The molecule has 0 aliphatic rings. The summed E-state index contributed by atoms with van der Waals surface area (Å²) in [6.45, 7) is 2.22. The molecule has 0 spiro atoms.